The van der Waals surface area contributed by atoms with Crippen molar-refractivity contribution in [3.63, 3.8) is 0 Å². The van der Waals surface area contributed by atoms with Crippen molar-refractivity contribution in [3.8, 4) is 0 Å². The number of aromatic nitrogens is 2. The van der Waals surface area contributed by atoms with Gasteiger partial charge in [-0.05, 0) is 68.5 Å². The first-order valence-corrected chi connectivity index (χ1v) is 12.1. The van der Waals surface area contributed by atoms with Crippen LogP contribution in [0.15, 0.2) is 48.7 Å². The minimum absolute atomic E-state index is 0.176. The molecule has 12 heteroatoms. The molecular formula is C26H29F4N7O. The Kier molecular flexibility index (Phi) is 8.30. The first-order valence-electron chi connectivity index (χ1n) is 12.1. The molecule has 38 heavy (non-hydrogen) atoms. The van der Waals surface area contributed by atoms with Gasteiger partial charge in [-0.3, -0.25) is 4.79 Å². The van der Waals surface area contributed by atoms with Crippen molar-refractivity contribution in [1.29, 1.82) is 0 Å². The third-order valence-corrected chi connectivity index (χ3v) is 5.95. The lowest BCUT2D eigenvalue weighted by molar-refractivity contribution is -0.138. The smallest absolute Gasteiger partial charge is 0.367 e. The summed E-state index contributed by atoms with van der Waals surface area (Å²) in [6.07, 6.45) is -2.46. The van der Waals surface area contributed by atoms with E-state index in [2.05, 4.69) is 25.9 Å². The maximum absolute atomic E-state index is 13.9. The predicted octanol–water partition coefficient (Wildman–Crippen LogP) is 4.49. The number of halogens is 4. The lowest BCUT2D eigenvalue weighted by atomic mass is 10.1. The van der Waals surface area contributed by atoms with Gasteiger partial charge in [0.25, 0.3) is 5.91 Å². The summed E-state index contributed by atoms with van der Waals surface area (Å²) in [5, 5.41) is 9.12. The number of hydrogen-bond donors (Lipinski definition) is 3. The van der Waals surface area contributed by atoms with Crippen LogP contribution in [-0.4, -0.2) is 61.0 Å². The van der Waals surface area contributed by atoms with Gasteiger partial charge in [0.15, 0.2) is 17.5 Å². The molecule has 3 N–H and O–H groups in total. The Morgan fingerprint density at radius 3 is 2.63 bits per heavy atom. The maximum Gasteiger partial charge on any atom is 0.416 e. The summed E-state index contributed by atoms with van der Waals surface area (Å²) >= 11 is 0. The van der Waals surface area contributed by atoms with Crippen LogP contribution in [0.1, 0.15) is 27.9 Å². The molecule has 0 bridgehead atoms. The summed E-state index contributed by atoms with van der Waals surface area (Å²) in [4.78, 5) is 25.0. The SMILES string of the molecule is CN(C)CCNC(=O)c1ccc(Nc2cnc3c(n2)N(Cc2cc(F)ccc2C(F)(F)F)CCCN3)cc1. The molecule has 1 amide bonds. The van der Waals surface area contributed by atoms with Crippen LogP contribution in [0.25, 0.3) is 0 Å². The zero-order valence-electron chi connectivity index (χ0n) is 21.1. The minimum atomic E-state index is -4.61. The molecule has 0 spiro atoms. The molecule has 2 heterocycles. The van der Waals surface area contributed by atoms with E-state index in [0.29, 0.717) is 54.8 Å². The number of benzene rings is 2. The second kappa shape index (κ2) is 11.6. The molecule has 4 rings (SSSR count). The number of hydrogen-bond acceptors (Lipinski definition) is 7. The van der Waals surface area contributed by atoms with E-state index in [4.69, 9.17) is 0 Å². The lowest BCUT2D eigenvalue weighted by Crippen LogP contribution is -2.31. The average Bonchev–Trinajstić information content (AvgIpc) is 3.05. The van der Waals surface area contributed by atoms with Gasteiger partial charge in [0.05, 0.1) is 11.8 Å². The number of anilines is 4. The molecule has 0 unspecified atom stereocenters. The number of likely N-dealkylation sites (N-methyl/N-ethyl adjacent to an activating group) is 1. The molecule has 0 saturated heterocycles. The molecule has 0 fully saturated rings. The normalized spacial score (nSPS) is 13.5. The molecule has 1 aliphatic rings. The Hall–Kier alpha value is -3.93. The Balaban J connectivity index is 1.52. The van der Waals surface area contributed by atoms with Gasteiger partial charge in [-0.25, -0.2) is 14.4 Å². The summed E-state index contributed by atoms with van der Waals surface area (Å²) in [5.74, 6) is 0.249. The van der Waals surface area contributed by atoms with Gasteiger partial charge in [-0.15, -0.1) is 0 Å². The highest BCUT2D eigenvalue weighted by Crippen LogP contribution is 2.35. The molecule has 1 aromatic heterocycles. The molecule has 0 aliphatic carbocycles. The van der Waals surface area contributed by atoms with Gasteiger partial charge in [-0.1, -0.05) is 0 Å². The van der Waals surface area contributed by atoms with Crippen LogP contribution in [0.5, 0.6) is 0 Å². The molecule has 8 nitrogen and oxygen atoms in total. The highest BCUT2D eigenvalue weighted by molar-refractivity contribution is 5.94. The van der Waals surface area contributed by atoms with Crippen LogP contribution in [0.4, 0.5) is 40.7 Å². The van der Waals surface area contributed by atoms with Crippen LogP contribution < -0.4 is 20.9 Å². The van der Waals surface area contributed by atoms with Crippen molar-refractivity contribution in [2.24, 2.45) is 0 Å². The number of rotatable bonds is 8. The zero-order valence-corrected chi connectivity index (χ0v) is 21.1. The van der Waals surface area contributed by atoms with Crippen LogP contribution in [0, 0.1) is 5.82 Å². The number of alkyl halides is 3. The monoisotopic (exact) mass is 531 g/mol. The van der Waals surface area contributed by atoms with Gasteiger partial charge in [-0.2, -0.15) is 13.2 Å². The summed E-state index contributed by atoms with van der Waals surface area (Å²) in [6, 6.07) is 9.30. The van der Waals surface area contributed by atoms with Gasteiger partial charge in [0.1, 0.15) is 5.82 Å². The number of fused-ring (bicyclic) bond motifs is 1. The van der Waals surface area contributed by atoms with Crippen molar-refractivity contribution in [3.05, 3.63) is 71.2 Å². The summed E-state index contributed by atoms with van der Waals surface area (Å²) in [7, 11) is 3.85. The van der Waals surface area contributed by atoms with E-state index in [-0.39, 0.29) is 18.0 Å². The molecule has 3 aromatic rings. The second-order valence-corrected chi connectivity index (χ2v) is 9.19. The van der Waals surface area contributed by atoms with Gasteiger partial charge >= 0.3 is 6.18 Å². The second-order valence-electron chi connectivity index (χ2n) is 9.19. The third-order valence-electron chi connectivity index (χ3n) is 5.95. The number of carbonyl (C=O) groups excluding carboxylic acids is 1. The largest absolute Gasteiger partial charge is 0.416 e. The van der Waals surface area contributed by atoms with E-state index < -0.39 is 17.6 Å². The Bertz CT molecular complexity index is 1270. The fraction of sp³-hybridized carbons (Fsp3) is 0.346. The van der Waals surface area contributed by atoms with E-state index in [9.17, 15) is 22.4 Å². The van der Waals surface area contributed by atoms with Crippen LogP contribution in [0.2, 0.25) is 0 Å². The quantitative estimate of drug-likeness (QED) is 0.370. The van der Waals surface area contributed by atoms with E-state index in [0.717, 1.165) is 24.7 Å². The molecular weight excluding hydrogens is 502 g/mol. The van der Waals surface area contributed by atoms with Crippen molar-refractivity contribution < 1.29 is 22.4 Å². The number of nitrogens with zero attached hydrogens (tertiary/aromatic N) is 4. The summed E-state index contributed by atoms with van der Waals surface area (Å²) in [5.41, 5.74) is 0.102. The topological polar surface area (TPSA) is 85.4 Å². The fourth-order valence-corrected chi connectivity index (χ4v) is 4.04. The Morgan fingerprint density at radius 2 is 1.92 bits per heavy atom. The van der Waals surface area contributed by atoms with Crippen LogP contribution in [-0.2, 0) is 12.7 Å². The average molecular weight is 532 g/mol. The number of carbonyl (C=O) groups is 1. The maximum atomic E-state index is 13.9. The number of nitrogens with one attached hydrogen (secondary N) is 3. The fourth-order valence-electron chi connectivity index (χ4n) is 4.04. The molecule has 202 valence electrons. The first kappa shape index (κ1) is 27.1. The zero-order chi connectivity index (χ0) is 27.3. The van der Waals surface area contributed by atoms with E-state index in [1.54, 1.807) is 29.2 Å². The molecule has 0 saturated carbocycles. The Morgan fingerprint density at radius 1 is 1.16 bits per heavy atom. The first-order chi connectivity index (χ1) is 18.1. The van der Waals surface area contributed by atoms with Crippen molar-refractivity contribution in [1.82, 2.24) is 20.2 Å². The summed E-state index contributed by atoms with van der Waals surface area (Å²) in [6.45, 7) is 2.05. The summed E-state index contributed by atoms with van der Waals surface area (Å²) < 4.78 is 54.6. The van der Waals surface area contributed by atoms with Crippen molar-refractivity contribution >= 4 is 29.0 Å². The predicted molar refractivity (Wildman–Crippen MR) is 138 cm³/mol. The van der Waals surface area contributed by atoms with E-state index in [1.165, 1.54) is 6.20 Å². The van der Waals surface area contributed by atoms with Crippen LogP contribution in [0.3, 0.4) is 0 Å². The molecule has 1 aliphatic heterocycles. The molecule has 0 atom stereocenters. The van der Waals surface area contributed by atoms with Crippen LogP contribution >= 0.6 is 0 Å². The third kappa shape index (κ3) is 6.88. The molecule has 0 radical (unpaired) electrons. The van der Waals surface area contributed by atoms with Crippen molar-refractivity contribution in [2.75, 3.05) is 55.8 Å². The van der Waals surface area contributed by atoms with Gasteiger partial charge in [0, 0.05) is 44.0 Å². The van der Waals surface area contributed by atoms with Gasteiger partial charge in [0.2, 0.25) is 0 Å². The number of amides is 1. The Labute approximate surface area is 218 Å². The minimum Gasteiger partial charge on any atom is -0.367 e. The van der Waals surface area contributed by atoms with E-state index >= 15 is 0 Å². The van der Waals surface area contributed by atoms with E-state index in [1.807, 2.05) is 19.0 Å². The highest BCUT2D eigenvalue weighted by atomic mass is 19.4. The highest BCUT2D eigenvalue weighted by Gasteiger charge is 2.34. The van der Waals surface area contributed by atoms with Crippen molar-refractivity contribution in [2.45, 2.75) is 19.1 Å². The molecule has 2 aromatic carbocycles. The standard InChI is InChI=1S/C26H29F4N7O/c1-36(2)13-11-32-25(38)17-4-7-20(8-5-17)34-22-15-33-23-24(35-22)37(12-3-10-31-23)16-18-14-19(27)6-9-21(18)26(28,29)30/h4-9,14-15H,3,10-13,16H2,1-2H3,(H,31,33)(H,32,38)(H,34,35). The lowest BCUT2D eigenvalue weighted by Gasteiger charge is -2.25. The van der Waals surface area contributed by atoms with Gasteiger partial charge < -0.3 is 25.8 Å².